The lowest BCUT2D eigenvalue weighted by molar-refractivity contribution is -0.121. The van der Waals surface area contributed by atoms with Gasteiger partial charge in [-0.15, -0.1) is 0 Å². The van der Waals surface area contributed by atoms with Crippen LogP contribution < -0.4 is 5.32 Å². The summed E-state index contributed by atoms with van der Waals surface area (Å²) in [6, 6.07) is 0. The SMILES string of the molecule is CCCCCCCCCCCCCCCCCC(=O)NCCCCCC. The predicted octanol–water partition coefficient (Wildman–Crippen LogP) is 7.94. The second-order valence-corrected chi connectivity index (χ2v) is 8.11. The number of carbonyl (C=O) groups excluding carboxylic acids is 1. The van der Waals surface area contributed by atoms with Crippen LogP contribution in [0.25, 0.3) is 0 Å². The van der Waals surface area contributed by atoms with Crippen LogP contribution in [0.15, 0.2) is 0 Å². The molecule has 0 spiro atoms. The van der Waals surface area contributed by atoms with Crippen molar-refractivity contribution in [3.8, 4) is 0 Å². The Balaban J connectivity index is 3.09. The molecule has 2 nitrogen and oxygen atoms in total. The minimum atomic E-state index is 0.260. The van der Waals surface area contributed by atoms with Crippen LogP contribution in [0.5, 0.6) is 0 Å². The highest BCUT2D eigenvalue weighted by atomic mass is 16.1. The standard InChI is InChI=1S/C24H49NO/c1-3-5-7-9-10-11-12-13-14-15-16-17-18-19-20-22-24(26)25-23-21-8-6-4-2/h3-23H2,1-2H3,(H,25,26). The first kappa shape index (κ1) is 25.5. The fourth-order valence-electron chi connectivity index (χ4n) is 3.52. The number of nitrogens with one attached hydrogen (secondary N) is 1. The van der Waals surface area contributed by atoms with Gasteiger partial charge in [0.25, 0.3) is 0 Å². The molecule has 0 atom stereocenters. The molecule has 1 amide bonds. The summed E-state index contributed by atoms with van der Waals surface area (Å²) in [5.41, 5.74) is 0. The van der Waals surface area contributed by atoms with Crippen LogP contribution >= 0.6 is 0 Å². The van der Waals surface area contributed by atoms with E-state index < -0.39 is 0 Å². The lowest BCUT2D eigenvalue weighted by Gasteiger charge is -2.05. The summed E-state index contributed by atoms with van der Waals surface area (Å²) in [6.07, 6.45) is 26.3. The molecule has 1 N–H and O–H groups in total. The predicted molar refractivity (Wildman–Crippen MR) is 117 cm³/mol. The zero-order valence-corrected chi connectivity index (χ0v) is 18.3. The van der Waals surface area contributed by atoms with Crippen LogP contribution in [-0.4, -0.2) is 12.5 Å². The van der Waals surface area contributed by atoms with E-state index in [9.17, 15) is 4.79 Å². The monoisotopic (exact) mass is 367 g/mol. The third-order valence-corrected chi connectivity index (χ3v) is 5.36. The van der Waals surface area contributed by atoms with Crippen LogP contribution in [0.3, 0.4) is 0 Å². The van der Waals surface area contributed by atoms with Crippen molar-refractivity contribution in [2.45, 2.75) is 142 Å². The van der Waals surface area contributed by atoms with Gasteiger partial charge in [0.15, 0.2) is 0 Å². The van der Waals surface area contributed by atoms with E-state index in [2.05, 4.69) is 19.2 Å². The normalized spacial score (nSPS) is 11.0. The minimum absolute atomic E-state index is 0.260. The zero-order chi connectivity index (χ0) is 19.1. The van der Waals surface area contributed by atoms with Crippen LogP contribution in [0.4, 0.5) is 0 Å². The maximum absolute atomic E-state index is 11.7. The van der Waals surface area contributed by atoms with Crippen LogP contribution in [0, 0.1) is 0 Å². The van der Waals surface area contributed by atoms with Crippen molar-refractivity contribution < 1.29 is 4.79 Å². The fourth-order valence-corrected chi connectivity index (χ4v) is 3.52. The summed E-state index contributed by atoms with van der Waals surface area (Å²) in [6.45, 7) is 5.37. The van der Waals surface area contributed by atoms with E-state index in [1.807, 2.05) is 0 Å². The highest BCUT2D eigenvalue weighted by Crippen LogP contribution is 2.13. The van der Waals surface area contributed by atoms with Gasteiger partial charge in [-0.05, 0) is 12.8 Å². The Hall–Kier alpha value is -0.530. The van der Waals surface area contributed by atoms with E-state index in [0.29, 0.717) is 0 Å². The number of unbranched alkanes of at least 4 members (excludes halogenated alkanes) is 17. The third-order valence-electron chi connectivity index (χ3n) is 5.36. The van der Waals surface area contributed by atoms with Gasteiger partial charge in [0.05, 0.1) is 0 Å². The summed E-state index contributed by atoms with van der Waals surface area (Å²) in [5.74, 6) is 0.260. The first-order valence-corrected chi connectivity index (χ1v) is 12.1. The van der Waals surface area contributed by atoms with Gasteiger partial charge in [-0.1, -0.05) is 123 Å². The van der Waals surface area contributed by atoms with Crippen molar-refractivity contribution in [3.05, 3.63) is 0 Å². The lowest BCUT2D eigenvalue weighted by Crippen LogP contribution is -2.23. The molecule has 0 bridgehead atoms. The number of hydrogen-bond donors (Lipinski definition) is 1. The van der Waals surface area contributed by atoms with Gasteiger partial charge in [0.2, 0.25) is 5.91 Å². The van der Waals surface area contributed by atoms with Gasteiger partial charge in [-0.25, -0.2) is 0 Å². The van der Waals surface area contributed by atoms with E-state index in [0.717, 1.165) is 25.8 Å². The molecule has 0 aliphatic heterocycles. The molecular weight excluding hydrogens is 318 g/mol. The molecule has 0 aromatic carbocycles. The van der Waals surface area contributed by atoms with Crippen molar-refractivity contribution in [1.82, 2.24) is 5.32 Å². The molecule has 2 heteroatoms. The summed E-state index contributed by atoms with van der Waals surface area (Å²) in [5, 5.41) is 3.05. The van der Waals surface area contributed by atoms with E-state index in [4.69, 9.17) is 0 Å². The minimum Gasteiger partial charge on any atom is -0.356 e. The lowest BCUT2D eigenvalue weighted by atomic mass is 10.0. The van der Waals surface area contributed by atoms with Crippen molar-refractivity contribution in [2.24, 2.45) is 0 Å². The molecule has 0 aromatic rings. The van der Waals surface area contributed by atoms with Gasteiger partial charge in [-0.2, -0.15) is 0 Å². The summed E-state index contributed by atoms with van der Waals surface area (Å²) in [7, 11) is 0. The van der Waals surface area contributed by atoms with E-state index in [-0.39, 0.29) is 5.91 Å². The maximum Gasteiger partial charge on any atom is 0.219 e. The Labute approximate surface area is 165 Å². The summed E-state index contributed by atoms with van der Waals surface area (Å²) < 4.78 is 0. The van der Waals surface area contributed by atoms with Crippen LogP contribution in [0.1, 0.15) is 142 Å². The van der Waals surface area contributed by atoms with Crippen molar-refractivity contribution in [3.63, 3.8) is 0 Å². The molecule has 0 saturated heterocycles. The number of carbonyl (C=O) groups is 1. The van der Waals surface area contributed by atoms with Crippen LogP contribution in [-0.2, 0) is 4.79 Å². The second-order valence-electron chi connectivity index (χ2n) is 8.11. The molecule has 0 heterocycles. The Bertz CT molecular complexity index is 277. The maximum atomic E-state index is 11.7. The molecule has 0 rings (SSSR count). The number of hydrogen-bond acceptors (Lipinski definition) is 1. The number of amides is 1. The summed E-state index contributed by atoms with van der Waals surface area (Å²) in [4.78, 5) is 11.7. The van der Waals surface area contributed by atoms with Crippen molar-refractivity contribution in [2.75, 3.05) is 6.54 Å². The summed E-state index contributed by atoms with van der Waals surface area (Å²) >= 11 is 0. The fraction of sp³-hybridized carbons (Fsp3) is 0.958. The molecule has 0 aliphatic rings. The Morgan fingerprint density at radius 1 is 0.500 bits per heavy atom. The Morgan fingerprint density at radius 3 is 1.27 bits per heavy atom. The molecule has 0 unspecified atom stereocenters. The molecule has 0 radical (unpaired) electrons. The molecule has 0 aliphatic carbocycles. The van der Waals surface area contributed by atoms with Gasteiger partial charge in [0.1, 0.15) is 0 Å². The zero-order valence-electron chi connectivity index (χ0n) is 18.3. The molecule has 0 saturated carbocycles. The first-order chi connectivity index (χ1) is 12.8. The topological polar surface area (TPSA) is 29.1 Å². The quantitative estimate of drug-likeness (QED) is 0.205. The van der Waals surface area contributed by atoms with Crippen molar-refractivity contribution >= 4 is 5.91 Å². The second kappa shape index (κ2) is 22.5. The molecular formula is C24H49NO. The average molecular weight is 368 g/mol. The third kappa shape index (κ3) is 21.5. The van der Waals surface area contributed by atoms with Gasteiger partial charge in [0, 0.05) is 13.0 Å². The van der Waals surface area contributed by atoms with Crippen LogP contribution in [0.2, 0.25) is 0 Å². The van der Waals surface area contributed by atoms with E-state index in [1.54, 1.807) is 0 Å². The Kier molecular flexibility index (Phi) is 22.1. The molecule has 0 aromatic heterocycles. The first-order valence-electron chi connectivity index (χ1n) is 12.1. The van der Waals surface area contributed by atoms with Gasteiger partial charge in [-0.3, -0.25) is 4.79 Å². The van der Waals surface area contributed by atoms with Gasteiger partial charge < -0.3 is 5.32 Å². The highest BCUT2D eigenvalue weighted by Gasteiger charge is 2.00. The highest BCUT2D eigenvalue weighted by molar-refractivity contribution is 5.75. The van der Waals surface area contributed by atoms with E-state index in [1.165, 1.54) is 109 Å². The molecule has 0 fully saturated rings. The largest absolute Gasteiger partial charge is 0.356 e. The number of rotatable bonds is 21. The Morgan fingerprint density at radius 2 is 0.846 bits per heavy atom. The smallest absolute Gasteiger partial charge is 0.219 e. The molecule has 26 heavy (non-hydrogen) atoms. The van der Waals surface area contributed by atoms with Gasteiger partial charge >= 0.3 is 0 Å². The van der Waals surface area contributed by atoms with Crippen molar-refractivity contribution in [1.29, 1.82) is 0 Å². The van der Waals surface area contributed by atoms with E-state index >= 15 is 0 Å². The molecule has 156 valence electrons. The average Bonchev–Trinajstić information content (AvgIpc) is 2.64.